The number of ether oxygens (including phenoxy) is 1. The van der Waals surface area contributed by atoms with Crippen LogP contribution in [0.1, 0.15) is 5.56 Å². The quantitative estimate of drug-likeness (QED) is 0.815. The zero-order valence-corrected chi connectivity index (χ0v) is 11.6. The number of hydrogen-bond donors (Lipinski definition) is 0. The third-order valence-electron chi connectivity index (χ3n) is 2.89. The lowest BCUT2D eigenvalue weighted by atomic mass is 10.2. The maximum Gasteiger partial charge on any atom is 0.281 e. The summed E-state index contributed by atoms with van der Waals surface area (Å²) in [6.45, 7) is 2.82. The first-order valence-corrected chi connectivity index (χ1v) is 7.20. The van der Waals surface area contributed by atoms with Gasteiger partial charge in [-0.3, -0.25) is 0 Å². The Kier molecular flexibility index (Phi) is 3.61. The number of aryl methyl sites for hydroxylation is 1. The van der Waals surface area contributed by atoms with Gasteiger partial charge < -0.3 is 4.74 Å². The molecule has 0 saturated carbocycles. The molecule has 1 aromatic rings. The summed E-state index contributed by atoms with van der Waals surface area (Å²) < 4.78 is 31.9. The maximum absolute atomic E-state index is 11.8. The SMILES string of the molecule is Cc1cccc(OC2CN(S(=O)(=O)N(C)C)C2)c1. The van der Waals surface area contributed by atoms with E-state index in [1.165, 1.54) is 22.7 Å². The molecule has 5 nitrogen and oxygen atoms in total. The molecule has 1 heterocycles. The van der Waals surface area contributed by atoms with E-state index in [0.29, 0.717) is 13.1 Å². The molecule has 1 fully saturated rings. The Morgan fingerprint density at radius 2 is 2.00 bits per heavy atom. The van der Waals surface area contributed by atoms with Crippen LogP contribution < -0.4 is 4.74 Å². The molecule has 18 heavy (non-hydrogen) atoms. The number of nitrogens with zero attached hydrogens (tertiary/aromatic N) is 2. The van der Waals surface area contributed by atoms with Gasteiger partial charge in [-0.15, -0.1) is 0 Å². The van der Waals surface area contributed by atoms with Crippen LogP contribution in [-0.4, -0.2) is 50.3 Å². The molecule has 1 aliphatic rings. The van der Waals surface area contributed by atoms with E-state index in [9.17, 15) is 8.42 Å². The lowest BCUT2D eigenvalue weighted by Crippen LogP contribution is -2.58. The predicted molar refractivity (Wildman–Crippen MR) is 69.8 cm³/mol. The van der Waals surface area contributed by atoms with Crippen molar-refractivity contribution < 1.29 is 13.2 Å². The Balaban J connectivity index is 1.91. The second-order valence-electron chi connectivity index (χ2n) is 4.66. The average molecular weight is 270 g/mol. The van der Waals surface area contributed by atoms with E-state index in [1.54, 1.807) is 0 Å². The first-order valence-electron chi connectivity index (χ1n) is 5.80. The van der Waals surface area contributed by atoms with Crippen molar-refractivity contribution in [3.05, 3.63) is 29.8 Å². The molecule has 6 heteroatoms. The topological polar surface area (TPSA) is 49.9 Å². The minimum absolute atomic E-state index is 0.0541. The van der Waals surface area contributed by atoms with Gasteiger partial charge in [0.1, 0.15) is 11.9 Å². The largest absolute Gasteiger partial charge is 0.488 e. The molecule has 0 aliphatic carbocycles. The van der Waals surface area contributed by atoms with Crippen LogP contribution in [0.15, 0.2) is 24.3 Å². The van der Waals surface area contributed by atoms with Gasteiger partial charge in [0.25, 0.3) is 10.2 Å². The predicted octanol–water partition coefficient (Wildman–Crippen LogP) is 0.864. The summed E-state index contributed by atoms with van der Waals surface area (Å²) in [7, 11) is -0.223. The van der Waals surface area contributed by atoms with Crippen LogP contribution >= 0.6 is 0 Å². The summed E-state index contributed by atoms with van der Waals surface area (Å²) in [6, 6.07) is 7.76. The zero-order valence-electron chi connectivity index (χ0n) is 10.8. The third kappa shape index (κ3) is 2.66. The Morgan fingerprint density at radius 3 is 2.56 bits per heavy atom. The first-order chi connectivity index (χ1) is 8.39. The second kappa shape index (κ2) is 4.87. The molecule has 100 valence electrons. The smallest absolute Gasteiger partial charge is 0.281 e. The van der Waals surface area contributed by atoms with Crippen molar-refractivity contribution in [3.8, 4) is 5.75 Å². The van der Waals surface area contributed by atoms with Crippen LogP contribution in [0.4, 0.5) is 0 Å². The monoisotopic (exact) mass is 270 g/mol. The van der Waals surface area contributed by atoms with Crippen molar-refractivity contribution in [2.45, 2.75) is 13.0 Å². The summed E-state index contributed by atoms with van der Waals surface area (Å²) in [5.41, 5.74) is 1.13. The molecule has 0 spiro atoms. The highest BCUT2D eigenvalue weighted by Gasteiger charge is 2.38. The average Bonchev–Trinajstić information content (AvgIpc) is 2.22. The van der Waals surface area contributed by atoms with E-state index in [4.69, 9.17) is 4.74 Å². The van der Waals surface area contributed by atoms with E-state index in [1.807, 2.05) is 31.2 Å². The lowest BCUT2D eigenvalue weighted by molar-refractivity contribution is 0.0727. The van der Waals surface area contributed by atoms with Crippen molar-refractivity contribution in [1.29, 1.82) is 0 Å². The number of rotatable bonds is 4. The Bertz CT molecular complexity index is 522. The molecule has 1 saturated heterocycles. The molecular formula is C12H18N2O3S. The highest BCUT2D eigenvalue weighted by molar-refractivity contribution is 7.86. The summed E-state index contributed by atoms with van der Waals surface area (Å²) in [6.07, 6.45) is -0.0541. The van der Waals surface area contributed by atoms with Gasteiger partial charge >= 0.3 is 0 Å². The number of benzene rings is 1. The van der Waals surface area contributed by atoms with E-state index < -0.39 is 10.2 Å². The maximum atomic E-state index is 11.8. The summed E-state index contributed by atoms with van der Waals surface area (Å²) in [5, 5.41) is 0. The minimum atomic E-state index is -3.29. The normalized spacial score (nSPS) is 17.8. The molecule has 0 N–H and O–H groups in total. The fourth-order valence-corrected chi connectivity index (χ4v) is 2.95. The zero-order chi connectivity index (χ0) is 13.3. The van der Waals surface area contributed by atoms with Crippen LogP contribution in [0.2, 0.25) is 0 Å². The molecule has 0 radical (unpaired) electrons. The molecule has 0 aromatic heterocycles. The Hall–Kier alpha value is -1.11. The van der Waals surface area contributed by atoms with E-state index in [-0.39, 0.29) is 6.10 Å². The van der Waals surface area contributed by atoms with Gasteiger partial charge in [-0.1, -0.05) is 12.1 Å². The third-order valence-corrected chi connectivity index (χ3v) is 4.77. The molecular weight excluding hydrogens is 252 g/mol. The van der Waals surface area contributed by atoms with E-state index >= 15 is 0 Å². The van der Waals surface area contributed by atoms with Crippen LogP contribution in [0.25, 0.3) is 0 Å². The fraction of sp³-hybridized carbons (Fsp3) is 0.500. The van der Waals surface area contributed by atoms with Crippen molar-refractivity contribution in [1.82, 2.24) is 8.61 Å². The number of hydrogen-bond acceptors (Lipinski definition) is 3. The summed E-state index contributed by atoms with van der Waals surface area (Å²) in [5.74, 6) is 0.793. The van der Waals surface area contributed by atoms with Gasteiger partial charge in [-0.25, -0.2) is 0 Å². The van der Waals surface area contributed by atoms with Crippen LogP contribution in [0, 0.1) is 6.92 Å². The molecule has 1 aromatic carbocycles. The first kappa shape index (κ1) is 13.3. The van der Waals surface area contributed by atoms with E-state index in [0.717, 1.165) is 11.3 Å². The highest BCUT2D eigenvalue weighted by atomic mass is 32.2. The lowest BCUT2D eigenvalue weighted by Gasteiger charge is -2.39. The van der Waals surface area contributed by atoms with Gasteiger partial charge in [0.15, 0.2) is 0 Å². The standard InChI is InChI=1S/C12H18N2O3S/c1-10-5-4-6-11(7-10)17-12-8-14(9-12)18(15,16)13(2)3/h4-7,12H,8-9H2,1-3H3. The van der Waals surface area contributed by atoms with Crippen LogP contribution in [-0.2, 0) is 10.2 Å². The van der Waals surface area contributed by atoms with Crippen molar-refractivity contribution in [2.75, 3.05) is 27.2 Å². The molecule has 0 bridgehead atoms. The van der Waals surface area contributed by atoms with Gasteiger partial charge in [0.2, 0.25) is 0 Å². The Morgan fingerprint density at radius 1 is 1.33 bits per heavy atom. The molecule has 0 atom stereocenters. The molecule has 1 aliphatic heterocycles. The molecule has 0 unspecified atom stereocenters. The minimum Gasteiger partial charge on any atom is -0.488 e. The van der Waals surface area contributed by atoms with Gasteiger partial charge in [0.05, 0.1) is 13.1 Å². The highest BCUT2D eigenvalue weighted by Crippen LogP contribution is 2.21. The Labute approximate surface area is 108 Å². The van der Waals surface area contributed by atoms with E-state index in [2.05, 4.69) is 0 Å². The van der Waals surface area contributed by atoms with Gasteiger partial charge in [-0.2, -0.15) is 17.0 Å². The van der Waals surface area contributed by atoms with Gasteiger partial charge in [-0.05, 0) is 24.6 Å². The summed E-state index contributed by atoms with van der Waals surface area (Å²) >= 11 is 0. The second-order valence-corrected chi connectivity index (χ2v) is 6.81. The summed E-state index contributed by atoms with van der Waals surface area (Å²) in [4.78, 5) is 0. The fourth-order valence-electron chi connectivity index (χ4n) is 1.78. The van der Waals surface area contributed by atoms with Crippen LogP contribution in [0.5, 0.6) is 5.75 Å². The molecule has 0 amide bonds. The van der Waals surface area contributed by atoms with Crippen molar-refractivity contribution in [2.24, 2.45) is 0 Å². The molecule has 2 rings (SSSR count). The van der Waals surface area contributed by atoms with Crippen molar-refractivity contribution in [3.63, 3.8) is 0 Å². The van der Waals surface area contributed by atoms with Gasteiger partial charge in [0, 0.05) is 14.1 Å². The van der Waals surface area contributed by atoms with Crippen molar-refractivity contribution >= 4 is 10.2 Å². The van der Waals surface area contributed by atoms with Crippen LogP contribution in [0.3, 0.4) is 0 Å².